The number of hydrogen-bond acceptors (Lipinski definition) is 11. The minimum absolute atomic E-state index is 0.0267. The lowest BCUT2D eigenvalue weighted by molar-refractivity contribution is 0.0876. The molecule has 6 rings (SSSR count). The molecule has 0 saturated carbocycles. The van der Waals surface area contributed by atoms with Crippen molar-refractivity contribution in [1.82, 2.24) is 0 Å². The van der Waals surface area contributed by atoms with Crippen LogP contribution < -0.4 is 5.43 Å². The fourth-order valence-corrected chi connectivity index (χ4v) is 7.01. The van der Waals surface area contributed by atoms with Crippen molar-refractivity contribution in [2.45, 2.75) is 45.4 Å². The molecular formula is C40H36O11. The summed E-state index contributed by atoms with van der Waals surface area (Å²) < 4.78 is 6.14. The number of Topliss-reactive ketones (excluding diaryl/α,β-unsaturated/α-hetero) is 1. The molecule has 3 atom stereocenters. The number of rotatable bonds is 7. The molecule has 0 unspecified atom stereocenters. The second kappa shape index (κ2) is 13.2. The van der Waals surface area contributed by atoms with E-state index in [0.717, 1.165) is 35.4 Å². The third-order valence-corrected chi connectivity index (χ3v) is 9.33. The highest BCUT2D eigenvalue weighted by Crippen LogP contribution is 2.54. The van der Waals surface area contributed by atoms with Crippen molar-refractivity contribution < 1.29 is 50.1 Å². The molecule has 1 aliphatic carbocycles. The molecular weight excluding hydrogens is 656 g/mol. The predicted molar refractivity (Wildman–Crippen MR) is 189 cm³/mol. The summed E-state index contributed by atoms with van der Waals surface area (Å²) >= 11 is 0. The van der Waals surface area contributed by atoms with Gasteiger partial charge in [-0.05, 0) is 69.5 Å². The number of carbonyl (C=O) groups excluding carboxylic acids is 1. The van der Waals surface area contributed by atoms with E-state index in [-0.39, 0.29) is 74.8 Å². The lowest BCUT2D eigenvalue weighted by Gasteiger charge is -2.37. The van der Waals surface area contributed by atoms with Gasteiger partial charge in [-0.15, -0.1) is 0 Å². The first-order valence-corrected chi connectivity index (χ1v) is 16.1. The van der Waals surface area contributed by atoms with Crippen LogP contribution in [-0.4, -0.2) is 46.6 Å². The van der Waals surface area contributed by atoms with Crippen LogP contribution in [0.2, 0.25) is 0 Å². The molecule has 5 aromatic rings. The molecule has 0 radical (unpaired) electrons. The first-order valence-electron chi connectivity index (χ1n) is 16.1. The van der Waals surface area contributed by atoms with E-state index in [0.29, 0.717) is 5.56 Å². The number of hydrogen-bond donors (Lipinski definition) is 8. The molecule has 0 amide bonds. The fraction of sp³-hybridized carbons (Fsp3) is 0.200. The number of carbonyl (C=O) groups is 1. The van der Waals surface area contributed by atoms with Gasteiger partial charge in [-0.2, -0.15) is 0 Å². The van der Waals surface area contributed by atoms with Gasteiger partial charge in [0.1, 0.15) is 62.7 Å². The molecule has 0 saturated heterocycles. The highest BCUT2D eigenvalue weighted by atomic mass is 16.3. The highest BCUT2D eigenvalue weighted by molar-refractivity contribution is 6.02. The van der Waals surface area contributed by atoms with Crippen LogP contribution in [0, 0.1) is 5.92 Å². The molecule has 262 valence electrons. The number of ketones is 1. The lowest BCUT2D eigenvalue weighted by Crippen LogP contribution is -2.31. The Bertz CT molecular complexity index is 2340. The van der Waals surface area contributed by atoms with Crippen LogP contribution in [-0.2, 0) is 6.42 Å². The Labute approximate surface area is 291 Å². The Morgan fingerprint density at radius 2 is 1.47 bits per heavy atom. The van der Waals surface area contributed by atoms with Crippen LogP contribution >= 0.6 is 0 Å². The van der Waals surface area contributed by atoms with Gasteiger partial charge in [0.2, 0.25) is 5.43 Å². The van der Waals surface area contributed by atoms with E-state index in [4.69, 9.17) is 4.42 Å². The average molecular weight is 693 g/mol. The first kappa shape index (κ1) is 34.5. The van der Waals surface area contributed by atoms with Gasteiger partial charge in [0.25, 0.3) is 0 Å². The zero-order valence-corrected chi connectivity index (χ0v) is 27.9. The summed E-state index contributed by atoms with van der Waals surface area (Å²) in [6.07, 6.45) is 3.74. The van der Waals surface area contributed by atoms with E-state index >= 15 is 0 Å². The maximum absolute atomic E-state index is 14.5. The minimum Gasteiger partial charge on any atom is -0.508 e. The van der Waals surface area contributed by atoms with E-state index < -0.39 is 52.0 Å². The van der Waals surface area contributed by atoms with Gasteiger partial charge in [-0.25, -0.2) is 0 Å². The molecule has 51 heavy (non-hydrogen) atoms. The van der Waals surface area contributed by atoms with Crippen LogP contribution in [0.5, 0.6) is 46.0 Å². The summed E-state index contributed by atoms with van der Waals surface area (Å²) in [5, 5.41) is 85.8. The molecule has 1 aromatic heterocycles. The van der Waals surface area contributed by atoms with E-state index in [1.54, 1.807) is 19.1 Å². The number of phenols is 8. The predicted octanol–water partition coefficient (Wildman–Crippen LogP) is 7.33. The quantitative estimate of drug-likeness (QED) is 0.0625. The first-order chi connectivity index (χ1) is 24.2. The Kier molecular flexibility index (Phi) is 8.90. The van der Waals surface area contributed by atoms with Crippen molar-refractivity contribution in [2.24, 2.45) is 5.92 Å². The summed E-state index contributed by atoms with van der Waals surface area (Å²) in [5.74, 6) is -6.90. The number of phenolic OH excluding ortho intramolecular Hbond substituents is 8. The molecule has 0 bridgehead atoms. The third kappa shape index (κ3) is 6.29. The molecule has 4 aromatic carbocycles. The van der Waals surface area contributed by atoms with E-state index in [9.17, 15) is 50.4 Å². The summed E-state index contributed by atoms with van der Waals surface area (Å²) in [4.78, 5) is 28.4. The smallest absolute Gasteiger partial charge is 0.200 e. The van der Waals surface area contributed by atoms with Crippen molar-refractivity contribution in [1.29, 1.82) is 0 Å². The van der Waals surface area contributed by atoms with Crippen LogP contribution in [0.3, 0.4) is 0 Å². The summed E-state index contributed by atoms with van der Waals surface area (Å²) in [6, 6.07) is 12.3. The Balaban J connectivity index is 1.62. The summed E-state index contributed by atoms with van der Waals surface area (Å²) in [5.41, 5.74) is 0.906. The topological polar surface area (TPSA) is 209 Å². The second-order valence-corrected chi connectivity index (χ2v) is 13.1. The van der Waals surface area contributed by atoms with Gasteiger partial charge in [0, 0.05) is 53.1 Å². The van der Waals surface area contributed by atoms with Gasteiger partial charge in [-0.3, -0.25) is 9.59 Å². The largest absolute Gasteiger partial charge is 0.508 e. The van der Waals surface area contributed by atoms with Crippen molar-refractivity contribution >= 4 is 16.8 Å². The standard InChI is InChI=1S/C40H36O11/c1-18(2)4-7-25-39(50)36-32(47)16-22(43)17-33(36)51-40(25)26-10-11-29(44)35(38(26)49)28-13-19(3)12-27(23-8-5-20(41)14-30(23)45)34(28)37(48)24-9-6-21(42)15-31(24)46/h4-6,8-11,13-17,27-28,34,41-47,49H,7,12H2,1-3H3/t27-,28-,34-/m0/s1. The molecule has 0 spiro atoms. The Morgan fingerprint density at radius 1 is 0.804 bits per heavy atom. The maximum atomic E-state index is 14.5. The maximum Gasteiger partial charge on any atom is 0.200 e. The number of fused-ring (bicyclic) bond motifs is 1. The van der Waals surface area contributed by atoms with Crippen molar-refractivity contribution in [3.05, 3.63) is 116 Å². The van der Waals surface area contributed by atoms with Crippen molar-refractivity contribution in [3.8, 4) is 57.3 Å². The summed E-state index contributed by atoms with van der Waals surface area (Å²) in [6.45, 7) is 5.45. The van der Waals surface area contributed by atoms with Gasteiger partial charge in [-0.1, -0.05) is 29.4 Å². The van der Waals surface area contributed by atoms with Gasteiger partial charge >= 0.3 is 0 Å². The monoisotopic (exact) mass is 692 g/mol. The second-order valence-electron chi connectivity index (χ2n) is 13.1. The highest BCUT2D eigenvalue weighted by Gasteiger charge is 2.43. The minimum atomic E-state index is -1.19. The van der Waals surface area contributed by atoms with Crippen LogP contribution in [0.1, 0.15) is 66.1 Å². The molecule has 11 heteroatoms. The number of benzene rings is 4. The van der Waals surface area contributed by atoms with E-state index in [1.807, 2.05) is 13.8 Å². The van der Waals surface area contributed by atoms with Crippen molar-refractivity contribution in [2.75, 3.05) is 0 Å². The van der Waals surface area contributed by atoms with Crippen LogP contribution in [0.15, 0.2) is 93.2 Å². The van der Waals surface area contributed by atoms with Crippen molar-refractivity contribution in [3.63, 3.8) is 0 Å². The molecule has 1 aliphatic rings. The molecule has 8 N–H and O–H groups in total. The normalized spacial score (nSPS) is 17.2. The summed E-state index contributed by atoms with van der Waals surface area (Å²) in [7, 11) is 0. The number of allylic oxidation sites excluding steroid dienone is 4. The van der Waals surface area contributed by atoms with E-state index in [2.05, 4.69) is 0 Å². The Morgan fingerprint density at radius 3 is 2.14 bits per heavy atom. The van der Waals surface area contributed by atoms with Crippen LogP contribution in [0.25, 0.3) is 22.3 Å². The molecule has 11 nitrogen and oxygen atoms in total. The zero-order chi connectivity index (χ0) is 36.9. The fourth-order valence-electron chi connectivity index (χ4n) is 7.01. The van der Waals surface area contributed by atoms with Crippen LogP contribution in [0.4, 0.5) is 0 Å². The lowest BCUT2D eigenvalue weighted by atomic mass is 9.65. The Hall–Kier alpha value is -6.36. The van der Waals surface area contributed by atoms with Gasteiger partial charge < -0.3 is 45.3 Å². The zero-order valence-electron chi connectivity index (χ0n) is 27.9. The molecule has 0 fully saturated rings. The SMILES string of the molecule is CC(C)=CCc1c(-c2ccc(O)c([C@H]3C=C(C)C[C@@H](c4ccc(O)cc4O)[C@@H]3C(=O)c3ccc(O)cc3O)c2O)oc2cc(O)cc(O)c2c1=O. The molecule has 1 heterocycles. The van der Waals surface area contributed by atoms with Gasteiger partial charge in [0.15, 0.2) is 5.78 Å². The molecule has 0 aliphatic heterocycles. The average Bonchev–Trinajstić information content (AvgIpc) is 3.03. The third-order valence-electron chi connectivity index (χ3n) is 9.33. The van der Waals surface area contributed by atoms with Gasteiger partial charge in [0.05, 0.1) is 11.1 Å². The van der Waals surface area contributed by atoms with E-state index in [1.165, 1.54) is 36.4 Å². The number of aromatic hydroxyl groups is 8.